The standard InChI is InChI=1S/C15H24N4OS/c1-2-13-11-16-15(21-13)19-9-7-17(8-10-19)12-14(20)18-5-3-4-6-18/h11H,2-10,12H2,1H3. The van der Waals surface area contributed by atoms with Crippen LogP contribution in [0.15, 0.2) is 6.20 Å². The van der Waals surface area contributed by atoms with E-state index in [4.69, 9.17) is 0 Å². The lowest BCUT2D eigenvalue weighted by Gasteiger charge is -2.34. The maximum atomic E-state index is 12.2. The first-order valence-electron chi connectivity index (χ1n) is 7.96. The highest BCUT2D eigenvalue weighted by Crippen LogP contribution is 2.23. The first-order chi connectivity index (χ1) is 10.3. The highest BCUT2D eigenvalue weighted by molar-refractivity contribution is 7.15. The smallest absolute Gasteiger partial charge is 0.236 e. The highest BCUT2D eigenvalue weighted by Gasteiger charge is 2.24. The van der Waals surface area contributed by atoms with Crippen molar-refractivity contribution >= 4 is 22.4 Å². The van der Waals surface area contributed by atoms with Gasteiger partial charge in [0.05, 0.1) is 6.54 Å². The van der Waals surface area contributed by atoms with Gasteiger partial charge < -0.3 is 9.80 Å². The highest BCUT2D eigenvalue weighted by atomic mass is 32.1. The van der Waals surface area contributed by atoms with E-state index in [2.05, 4.69) is 21.7 Å². The maximum absolute atomic E-state index is 12.2. The lowest BCUT2D eigenvalue weighted by Crippen LogP contribution is -2.49. The molecule has 0 saturated carbocycles. The summed E-state index contributed by atoms with van der Waals surface area (Å²) in [6.45, 7) is 8.54. The molecule has 1 amide bonds. The van der Waals surface area contributed by atoms with Crippen molar-refractivity contribution in [3.05, 3.63) is 11.1 Å². The van der Waals surface area contributed by atoms with E-state index >= 15 is 0 Å². The number of anilines is 1. The van der Waals surface area contributed by atoms with Crippen molar-refractivity contribution in [2.24, 2.45) is 0 Å². The lowest BCUT2D eigenvalue weighted by atomic mass is 10.3. The summed E-state index contributed by atoms with van der Waals surface area (Å²) in [4.78, 5) is 24.7. The van der Waals surface area contributed by atoms with Gasteiger partial charge in [-0.3, -0.25) is 9.69 Å². The SMILES string of the molecule is CCc1cnc(N2CCN(CC(=O)N3CCCC3)CC2)s1. The molecule has 0 spiro atoms. The number of carbonyl (C=O) groups is 1. The van der Waals surface area contributed by atoms with E-state index in [1.165, 1.54) is 17.7 Å². The third kappa shape index (κ3) is 3.55. The topological polar surface area (TPSA) is 39.7 Å². The van der Waals surface area contributed by atoms with Gasteiger partial charge in [0.2, 0.25) is 5.91 Å². The average molecular weight is 308 g/mol. The van der Waals surface area contributed by atoms with Crippen molar-refractivity contribution in [3.8, 4) is 0 Å². The van der Waals surface area contributed by atoms with Gasteiger partial charge in [0, 0.05) is 50.3 Å². The summed E-state index contributed by atoms with van der Waals surface area (Å²) in [6.07, 6.45) is 5.39. The fourth-order valence-electron chi connectivity index (χ4n) is 2.96. The molecule has 2 fully saturated rings. The number of aromatic nitrogens is 1. The van der Waals surface area contributed by atoms with Crippen LogP contribution < -0.4 is 4.90 Å². The minimum atomic E-state index is 0.309. The Kier molecular flexibility index (Phi) is 4.75. The zero-order valence-corrected chi connectivity index (χ0v) is 13.6. The summed E-state index contributed by atoms with van der Waals surface area (Å²) in [5.74, 6) is 0.309. The van der Waals surface area contributed by atoms with E-state index in [-0.39, 0.29) is 0 Å². The molecule has 6 heteroatoms. The zero-order valence-electron chi connectivity index (χ0n) is 12.8. The Bertz CT molecular complexity index is 476. The zero-order chi connectivity index (χ0) is 14.7. The van der Waals surface area contributed by atoms with Crippen LogP contribution in [0.5, 0.6) is 0 Å². The Hall–Kier alpha value is -1.14. The molecular weight excluding hydrogens is 284 g/mol. The first-order valence-corrected chi connectivity index (χ1v) is 8.77. The summed E-state index contributed by atoms with van der Waals surface area (Å²) in [5.41, 5.74) is 0. The molecule has 0 bridgehead atoms. The summed E-state index contributed by atoms with van der Waals surface area (Å²) in [7, 11) is 0. The van der Waals surface area contributed by atoms with Crippen molar-refractivity contribution < 1.29 is 4.79 Å². The Morgan fingerprint density at radius 2 is 1.90 bits per heavy atom. The average Bonchev–Trinajstić information content (AvgIpc) is 3.19. The monoisotopic (exact) mass is 308 g/mol. The first kappa shape index (κ1) is 14.8. The molecule has 5 nitrogen and oxygen atoms in total. The van der Waals surface area contributed by atoms with Gasteiger partial charge in [-0.2, -0.15) is 0 Å². The van der Waals surface area contributed by atoms with E-state index in [9.17, 15) is 4.79 Å². The van der Waals surface area contributed by atoms with Gasteiger partial charge in [-0.1, -0.05) is 6.92 Å². The second-order valence-electron chi connectivity index (χ2n) is 5.81. The van der Waals surface area contributed by atoms with Crippen LogP contribution in [-0.2, 0) is 11.2 Å². The number of carbonyl (C=O) groups excluding carboxylic acids is 1. The molecule has 1 aromatic rings. The van der Waals surface area contributed by atoms with E-state index in [0.717, 1.165) is 50.8 Å². The van der Waals surface area contributed by atoms with Gasteiger partial charge in [-0.05, 0) is 19.3 Å². The lowest BCUT2D eigenvalue weighted by molar-refractivity contribution is -0.131. The quantitative estimate of drug-likeness (QED) is 0.844. The molecule has 0 atom stereocenters. The van der Waals surface area contributed by atoms with Gasteiger partial charge in [0.15, 0.2) is 5.13 Å². The number of rotatable bonds is 4. The van der Waals surface area contributed by atoms with Crippen LogP contribution in [0.25, 0.3) is 0 Å². The van der Waals surface area contributed by atoms with Crippen molar-refractivity contribution in [2.75, 3.05) is 50.7 Å². The molecule has 0 aromatic carbocycles. The third-order valence-electron chi connectivity index (χ3n) is 4.35. The third-order valence-corrected chi connectivity index (χ3v) is 5.55. The van der Waals surface area contributed by atoms with Gasteiger partial charge >= 0.3 is 0 Å². The molecule has 0 radical (unpaired) electrons. The second kappa shape index (κ2) is 6.75. The van der Waals surface area contributed by atoms with Gasteiger partial charge in [-0.25, -0.2) is 4.98 Å². The molecule has 116 valence electrons. The van der Waals surface area contributed by atoms with Crippen LogP contribution >= 0.6 is 11.3 Å². The molecule has 0 aliphatic carbocycles. The normalized spacial score (nSPS) is 20.2. The fourth-order valence-corrected chi connectivity index (χ4v) is 3.86. The number of aryl methyl sites for hydroxylation is 1. The molecule has 2 aliphatic rings. The van der Waals surface area contributed by atoms with Crippen molar-refractivity contribution in [1.82, 2.24) is 14.8 Å². The summed E-state index contributed by atoms with van der Waals surface area (Å²) >= 11 is 1.80. The van der Waals surface area contributed by atoms with E-state index < -0.39 is 0 Å². The Morgan fingerprint density at radius 1 is 1.19 bits per heavy atom. The number of hydrogen-bond acceptors (Lipinski definition) is 5. The van der Waals surface area contributed by atoms with Crippen LogP contribution in [0.3, 0.4) is 0 Å². The maximum Gasteiger partial charge on any atom is 0.236 e. The number of piperazine rings is 1. The van der Waals surface area contributed by atoms with Crippen molar-refractivity contribution in [2.45, 2.75) is 26.2 Å². The molecule has 3 rings (SSSR count). The van der Waals surface area contributed by atoms with Gasteiger partial charge in [0.1, 0.15) is 0 Å². The molecule has 2 aliphatic heterocycles. The Balaban J connectivity index is 1.47. The predicted molar refractivity (Wildman–Crippen MR) is 86.0 cm³/mol. The van der Waals surface area contributed by atoms with Crippen LogP contribution in [0.1, 0.15) is 24.6 Å². The number of likely N-dealkylation sites (tertiary alicyclic amines) is 1. The van der Waals surface area contributed by atoms with Crippen LogP contribution in [0.2, 0.25) is 0 Å². The van der Waals surface area contributed by atoms with Crippen LogP contribution in [-0.4, -0.2) is 66.5 Å². The van der Waals surface area contributed by atoms with Gasteiger partial charge in [0.25, 0.3) is 0 Å². The summed E-state index contributed by atoms with van der Waals surface area (Å²) in [5, 5.41) is 1.14. The number of thiazole rings is 1. The molecule has 0 N–H and O–H groups in total. The van der Waals surface area contributed by atoms with E-state index in [1.807, 2.05) is 11.1 Å². The molecular formula is C15H24N4OS. The van der Waals surface area contributed by atoms with E-state index in [1.54, 1.807) is 11.3 Å². The number of amides is 1. The predicted octanol–water partition coefficient (Wildman–Crippen LogP) is 1.45. The Labute approximate surface area is 130 Å². The fraction of sp³-hybridized carbons (Fsp3) is 0.733. The van der Waals surface area contributed by atoms with E-state index in [0.29, 0.717) is 12.5 Å². The Morgan fingerprint density at radius 3 is 2.52 bits per heavy atom. The molecule has 0 unspecified atom stereocenters. The van der Waals surface area contributed by atoms with Gasteiger partial charge in [-0.15, -0.1) is 11.3 Å². The number of hydrogen-bond donors (Lipinski definition) is 0. The minimum Gasteiger partial charge on any atom is -0.346 e. The van der Waals surface area contributed by atoms with Crippen LogP contribution in [0, 0.1) is 0 Å². The molecule has 1 aromatic heterocycles. The molecule has 3 heterocycles. The minimum absolute atomic E-state index is 0.309. The second-order valence-corrected chi connectivity index (χ2v) is 6.91. The number of nitrogens with zero attached hydrogens (tertiary/aromatic N) is 4. The van der Waals surface area contributed by atoms with Crippen molar-refractivity contribution in [3.63, 3.8) is 0 Å². The van der Waals surface area contributed by atoms with Crippen molar-refractivity contribution in [1.29, 1.82) is 0 Å². The summed E-state index contributed by atoms with van der Waals surface area (Å²) < 4.78 is 0. The summed E-state index contributed by atoms with van der Waals surface area (Å²) in [6, 6.07) is 0. The molecule has 2 saturated heterocycles. The largest absolute Gasteiger partial charge is 0.346 e. The van der Waals surface area contributed by atoms with Crippen LogP contribution in [0.4, 0.5) is 5.13 Å². The molecule has 21 heavy (non-hydrogen) atoms.